The number of fused-ring (bicyclic) bond motifs is 1. The molecule has 2 aliphatic rings. The quantitative estimate of drug-likeness (QED) is 0.539. The molecule has 5 nitrogen and oxygen atoms in total. The first kappa shape index (κ1) is 8.50. The van der Waals surface area contributed by atoms with Crippen LogP contribution < -0.4 is 5.73 Å². The van der Waals surface area contributed by atoms with Gasteiger partial charge in [0.15, 0.2) is 0 Å². The van der Waals surface area contributed by atoms with E-state index in [1.165, 1.54) is 0 Å². The molecule has 0 aromatic carbocycles. The predicted octanol–water partition coefficient (Wildman–Crippen LogP) is -0.491. The van der Waals surface area contributed by atoms with E-state index < -0.39 is 23.4 Å². The minimum absolute atomic E-state index is 0.00130. The summed E-state index contributed by atoms with van der Waals surface area (Å²) in [5, 5.41) is 17.6. The second-order valence-electron chi connectivity index (χ2n) is 3.94. The molecule has 0 radical (unpaired) electrons. The predicted molar refractivity (Wildman–Crippen MR) is 41.9 cm³/mol. The average molecular weight is 185 g/mol. The van der Waals surface area contributed by atoms with E-state index in [1.54, 1.807) is 0 Å². The topological polar surface area (TPSA) is 101 Å². The normalized spacial score (nSPS) is 47.0. The molecule has 2 fully saturated rings. The highest BCUT2D eigenvalue weighted by atomic mass is 16.4. The number of carboxylic acids is 2. The molecule has 0 spiro atoms. The Bertz CT molecular complexity index is 290. The molecule has 0 heterocycles. The van der Waals surface area contributed by atoms with Gasteiger partial charge in [-0.25, -0.2) is 0 Å². The second-order valence-corrected chi connectivity index (χ2v) is 3.94. The third-order valence-corrected chi connectivity index (χ3v) is 3.34. The molecular weight excluding hydrogens is 174 g/mol. The van der Waals surface area contributed by atoms with Crippen molar-refractivity contribution in [1.82, 2.24) is 0 Å². The van der Waals surface area contributed by atoms with Crippen LogP contribution in [0.15, 0.2) is 0 Å². The fourth-order valence-corrected chi connectivity index (χ4v) is 2.59. The van der Waals surface area contributed by atoms with E-state index in [9.17, 15) is 9.59 Å². The van der Waals surface area contributed by atoms with Crippen molar-refractivity contribution < 1.29 is 19.8 Å². The minimum Gasteiger partial charge on any atom is -0.481 e. The Kier molecular flexibility index (Phi) is 1.46. The van der Waals surface area contributed by atoms with Crippen LogP contribution in [0, 0.1) is 17.8 Å². The van der Waals surface area contributed by atoms with E-state index in [4.69, 9.17) is 15.9 Å². The summed E-state index contributed by atoms with van der Waals surface area (Å²) in [5.74, 6) is -2.84. The zero-order chi connectivity index (χ0) is 9.80. The van der Waals surface area contributed by atoms with Crippen molar-refractivity contribution in [2.24, 2.45) is 23.5 Å². The van der Waals surface area contributed by atoms with Gasteiger partial charge in [0.1, 0.15) is 5.54 Å². The Morgan fingerprint density at radius 3 is 2.38 bits per heavy atom. The molecule has 13 heavy (non-hydrogen) atoms. The van der Waals surface area contributed by atoms with Gasteiger partial charge in [0.05, 0.1) is 5.92 Å². The third-order valence-electron chi connectivity index (χ3n) is 3.34. The Balaban J connectivity index is 2.20. The maximum Gasteiger partial charge on any atom is 0.324 e. The molecule has 1 unspecified atom stereocenters. The van der Waals surface area contributed by atoms with Crippen LogP contribution in [0.5, 0.6) is 0 Å². The second kappa shape index (κ2) is 2.23. The lowest BCUT2D eigenvalue weighted by atomic mass is 9.92. The summed E-state index contributed by atoms with van der Waals surface area (Å²) >= 11 is 0. The van der Waals surface area contributed by atoms with Gasteiger partial charge < -0.3 is 15.9 Å². The van der Waals surface area contributed by atoms with Crippen LogP contribution in [0.25, 0.3) is 0 Å². The molecule has 5 heteroatoms. The molecule has 2 aliphatic carbocycles. The standard InChI is InChI=1S/C8H11NO4/c9-8(7(12)13)2-1-3-4(5(3)8)6(10)11/h3-5H,1-2,9H2,(H,10,11)(H,12,13)/t3?,4-,5-,8-/m0/s1. The van der Waals surface area contributed by atoms with Crippen LogP contribution >= 0.6 is 0 Å². The third kappa shape index (κ3) is 0.904. The van der Waals surface area contributed by atoms with Gasteiger partial charge in [0.25, 0.3) is 0 Å². The van der Waals surface area contributed by atoms with E-state index in [2.05, 4.69) is 0 Å². The van der Waals surface area contributed by atoms with Gasteiger partial charge in [-0.15, -0.1) is 0 Å². The molecule has 72 valence electrons. The van der Waals surface area contributed by atoms with Crippen molar-refractivity contribution in [3.05, 3.63) is 0 Å². The lowest BCUT2D eigenvalue weighted by Crippen LogP contribution is -2.49. The first-order valence-corrected chi connectivity index (χ1v) is 4.23. The largest absolute Gasteiger partial charge is 0.481 e. The molecule has 0 aromatic rings. The maximum absolute atomic E-state index is 10.8. The van der Waals surface area contributed by atoms with Crippen molar-refractivity contribution in [2.45, 2.75) is 18.4 Å². The Morgan fingerprint density at radius 2 is 2.00 bits per heavy atom. The van der Waals surface area contributed by atoms with Crippen LogP contribution in [0.1, 0.15) is 12.8 Å². The Morgan fingerprint density at radius 1 is 1.38 bits per heavy atom. The number of hydrogen-bond donors (Lipinski definition) is 3. The van der Waals surface area contributed by atoms with Crippen LogP contribution in [0.2, 0.25) is 0 Å². The number of carbonyl (C=O) groups is 2. The molecule has 2 saturated carbocycles. The van der Waals surface area contributed by atoms with E-state index in [1.807, 2.05) is 0 Å². The monoisotopic (exact) mass is 185 g/mol. The molecule has 0 aliphatic heterocycles. The van der Waals surface area contributed by atoms with Gasteiger partial charge in [-0.3, -0.25) is 9.59 Å². The number of rotatable bonds is 2. The van der Waals surface area contributed by atoms with Gasteiger partial charge in [-0.1, -0.05) is 0 Å². The fraction of sp³-hybridized carbons (Fsp3) is 0.750. The molecule has 4 N–H and O–H groups in total. The minimum atomic E-state index is -1.28. The Labute approximate surface area is 74.5 Å². The van der Waals surface area contributed by atoms with Crippen molar-refractivity contribution >= 4 is 11.9 Å². The fourth-order valence-electron chi connectivity index (χ4n) is 2.59. The van der Waals surface area contributed by atoms with Gasteiger partial charge in [-0.05, 0) is 18.8 Å². The molecular formula is C8H11NO4. The SMILES string of the molecule is N[C@@]1(C(=O)O)CCC2[C@H](C(=O)O)[C@H]21. The highest BCUT2D eigenvalue weighted by Gasteiger charge is 2.69. The van der Waals surface area contributed by atoms with E-state index >= 15 is 0 Å². The molecule has 0 saturated heterocycles. The van der Waals surface area contributed by atoms with Crippen LogP contribution in [0.3, 0.4) is 0 Å². The van der Waals surface area contributed by atoms with Gasteiger partial charge in [0, 0.05) is 5.92 Å². The van der Waals surface area contributed by atoms with Gasteiger partial charge in [0.2, 0.25) is 0 Å². The molecule has 0 aromatic heterocycles. The van der Waals surface area contributed by atoms with E-state index in [0.29, 0.717) is 12.8 Å². The lowest BCUT2D eigenvalue weighted by Gasteiger charge is -2.20. The van der Waals surface area contributed by atoms with E-state index in [0.717, 1.165) is 0 Å². The van der Waals surface area contributed by atoms with Crippen LogP contribution in [-0.4, -0.2) is 27.7 Å². The van der Waals surface area contributed by atoms with Crippen molar-refractivity contribution in [3.8, 4) is 0 Å². The first-order chi connectivity index (χ1) is 5.98. The first-order valence-electron chi connectivity index (χ1n) is 4.23. The lowest BCUT2D eigenvalue weighted by molar-refractivity contribution is -0.145. The zero-order valence-electron chi connectivity index (χ0n) is 6.93. The van der Waals surface area contributed by atoms with E-state index in [-0.39, 0.29) is 11.8 Å². The number of hydrogen-bond acceptors (Lipinski definition) is 3. The summed E-state index contributed by atoms with van der Waals surface area (Å²) in [7, 11) is 0. The summed E-state index contributed by atoms with van der Waals surface area (Å²) < 4.78 is 0. The summed E-state index contributed by atoms with van der Waals surface area (Å²) in [5.41, 5.74) is 4.37. The Hall–Kier alpha value is -1.10. The molecule has 0 bridgehead atoms. The smallest absolute Gasteiger partial charge is 0.324 e. The van der Waals surface area contributed by atoms with Gasteiger partial charge in [-0.2, -0.15) is 0 Å². The van der Waals surface area contributed by atoms with Crippen molar-refractivity contribution in [2.75, 3.05) is 0 Å². The zero-order valence-corrected chi connectivity index (χ0v) is 6.93. The molecule has 0 amide bonds. The average Bonchev–Trinajstić information content (AvgIpc) is 2.66. The highest BCUT2D eigenvalue weighted by molar-refractivity contribution is 5.85. The summed E-state index contributed by atoms with van der Waals surface area (Å²) in [6.07, 6.45) is 1.03. The highest BCUT2D eigenvalue weighted by Crippen LogP contribution is 2.61. The summed E-state index contributed by atoms with van der Waals surface area (Å²) in [6.45, 7) is 0. The summed E-state index contributed by atoms with van der Waals surface area (Å²) in [4.78, 5) is 21.4. The van der Waals surface area contributed by atoms with Crippen molar-refractivity contribution in [3.63, 3.8) is 0 Å². The van der Waals surface area contributed by atoms with Crippen LogP contribution in [-0.2, 0) is 9.59 Å². The van der Waals surface area contributed by atoms with Gasteiger partial charge >= 0.3 is 11.9 Å². The number of carboxylic acid groups (broad SMARTS) is 2. The maximum atomic E-state index is 10.8. The van der Waals surface area contributed by atoms with Crippen LogP contribution in [0.4, 0.5) is 0 Å². The molecule has 2 rings (SSSR count). The molecule has 4 atom stereocenters. The van der Waals surface area contributed by atoms with Crippen molar-refractivity contribution in [1.29, 1.82) is 0 Å². The number of aliphatic carboxylic acids is 2. The summed E-state index contributed by atoms with van der Waals surface area (Å²) in [6, 6.07) is 0. The number of nitrogens with two attached hydrogens (primary N) is 1.